The molecule has 2 aliphatic heterocycles. The molecule has 6 nitrogen and oxygen atoms in total. The molecule has 0 spiro atoms. The second kappa shape index (κ2) is 7.61. The standard InChI is InChI=1S/C16H26N2O4/c1-12-13(16(21)22)7-6-10-18(12)15(20)11-17-9-5-3-2-4-8-14(17)19/h12-13H,2-11H2,1H3,(H,21,22)/t12-,13-/m1/s1. The maximum Gasteiger partial charge on any atom is 0.308 e. The van der Waals surface area contributed by atoms with Gasteiger partial charge in [0.25, 0.3) is 0 Å². The van der Waals surface area contributed by atoms with Crippen molar-refractivity contribution in [3.8, 4) is 0 Å². The number of rotatable bonds is 3. The molecule has 0 aromatic heterocycles. The summed E-state index contributed by atoms with van der Waals surface area (Å²) in [5, 5.41) is 9.24. The van der Waals surface area contributed by atoms with Gasteiger partial charge in [0.1, 0.15) is 0 Å². The van der Waals surface area contributed by atoms with Gasteiger partial charge in [0.2, 0.25) is 11.8 Å². The summed E-state index contributed by atoms with van der Waals surface area (Å²) in [5.74, 6) is -1.41. The Kier molecular flexibility index (Phi) is 5.80. The number of carbonyl (C=O) groups is 3. The van der Waals surface area contributed by atoms with Crippen molar-refractivity contribution in [2.24, 2.45) is 5.92 Å². The summed E-state index contributed by atoms with van der Waals surface area (Å²) in [7, 11) is 0. The van der Waals surface area contributed by atoms with Crippen molar-refractivity contribution >= 4 is 17.8 Å². The predicted molar refractivity (Wildman–Crippen MR) is 81.2 cm³/mol. The van der Waals surface area contributed by atoms with Crippen LogP contribution >= 0.6 is 0 Å². The molecule has 0 aromatic rings. The van der Waals surface area contributed by atoms with E-state index < -0.39 is 11.9 Å². The van der Waals surface area contributed by atoms with E-state index in [4.69, 9.17) is 0 Å². The van der Waals surface area contributed by atoms with Crippen LogP contribution in [-0.4, -0.2) is 58.4 Å². The second-order valence-electron chi connectivity index (χ2n) is 6.39. The molecule has 2 rings (SSSR count). The lowest BCUT2D eigenvalue weighted by molar-refractivity contribution is -0.151. The molecule has 2 fully saturated rings. The summed E-state index contributed by atoms with van der Waals surface area (Å²) >= 11 is 0. The third-order valence-electron chi connectivity index (χ3n) is 4.87. The summed E-state index contributed by atoms with van der Waals surface area (Å²) in [4.78, 5) is 39.2. The zero-order valence-electron chi connectivity index (χ0n) is 13.3. The van der Waals surface area contributed by atoms with Crippen LogP contribution in [0, 0.1) is 5.92 Å². The zero-order chi connectivity index (χ0) is 16.1. The van der Waals surface area contributed by atoms with Crippen LogP contribution in [0.5, 0.6) is 0 Å². The first-order chi connectivity index (χ1) is 10.5. The summed E-state index contributed by atoms with van der Waals surface area (Å²) in [6.07, 6.45) is 5.84. The van der Waals surface area contributed by atoms with Crippen molar-refractivity contribution in [2.45, 2.75) is 57.9 Å². The molecule has 2 amide bonds. The topological polar surface area (TPSA) is 77.9 Å². The quantitative estimate of drug-likeness (QED) is 0.856. The van der Waals surface area contributed by atoms with Crippen LogP contribution in [0.2, 0.25) is 0 Å². The maximum atomic E-state index is 12.5. The Hall–Kier alpha value is -1.59. The minimum Gasteiger partial charge on any atom is -0.481 e. The highest BCUT2D eigenvalue weighted by Gasteiger charge is 2.36. The average Bonchev–Trinajstić information content (AvgIpc) is 2.46. The number of aliphatic carboxylic acids is 1. The molecule has 2 atom stereocenters. The van der Waals surface area contributed by atoms with Crippen LogP contribution in [0.3, 0.4) is 0 Å². The van der Waals surface area contributed by atoms with Crippen molar-refractivity contribution in [3.63, 3.8) is 0 Å². The average molecular weight is 310 g/mol. The van der Waals surface area contributed by atoms with Crippen LogP contribution < -0.4 is 0 Å². The number of hydrogen-bond donors (Lipinski definition) is 1. The molecule has 2 heterocycles. The van der Waals surface area contributed by atoms with E-state index in [9.17, 15) is 19.5 Å². The molecule has 0 aliphatic carbocycles. The van der Waals surface area contributed by atoms with Gasteiger partial charge in [0, 0.05) is 25.6 Å². The first kappa shape index (κ1) is 16.8. The van der Waals surface area contributed by atoms with Gasteiger partial charge in [-0.25, -0.2) is 0 Å². The summed E-state index contributed by atoms with van der Waals surface area (Å²) < 4.78 is 0. The molecule has 22 heavy (non-hydrogen) atoms. The van der Waals surface area contributed by atoms with Gasteiger partial charge in [-0.3, -0.25) is 14.4 Å². The van der Waals surface area contributed by atoms with E-state index >= 15 is 0 Å². The summed E-state index contributed by atoms with van der Waals surface area (Å²) in [6, 6.07) is -0.302. The van der Waals surface area contributed by atoms with E-state index in [0.29, 0.717) is 32.4 Å². The molecule has 0 unspecified atom stereocenters. The van der Waals surface area contributed by atoms with E-state index in [2.05, 4.69) is 0 Å². The highest BCUT2D eigenvalue weighted by atomic mass is 16.4. The lowest BCUT2D eigenvalue weighted by atomic mass is 9.90. The number of carboxylic acid groups (broad SMARTS) is 1. The van der Waals surface area contributed by atoms with Gasteiger partial charge in [-0.1, -0.05) is 12.8 Å². The molecule has 6 heteroatoms. The number of carbonyl (C=O) groups excluding carboxylic acids is 2. The van der Waals surface area contributed by atoms with Gasteiger partial charge in [0.15, 0.2) is 0 Å². The molecule has 2 saturated heterocycles. The van der Waals surface area contributed by atoms with Gasteiger partial charge < -0.3 is 14.9 Å². The Labute approximate surface area is 131 Å². The smallest absolute Gasteiger partial charge is 0.308 e. The molecular weight excluding hydrogens is 284 g/mol. The number of likely N-dealkylation sites (tertiary alicyclic amines) is 2. The Morgan fingerprint density at radius 3 is 2.59 bits per heavy atom. The predicted octanol–water partition coefficient (Wildman–Crippen LogP) is 1.49. The van der Waals surface area contributed by atoms with Crippen molar-refractivity contribution in [2.75, 3.05) is 19.6 Å². The lowest BCUT2D eigenvalue weighted by Gasteiger charge is -2.38. The number of hydrogen-bond acceptors (Lipinski definition) is 3. The van der Waals surface area contributed by atoms with Crippen LogP contribution in [0.1, 0.15) is 51.9 Å². The minimum absolute atomic E-state index is 0.0486. The van der Waals surface area contributed by atoms with E-state index in [1.807, 2.05) is 0 Å². The van der Waals surface area contributed by atoms with Crippen molar-refractivity contribution < 1.29 is 19.5 Å². The monoisotopic (exact) mass is 310 g/mol. The fourth-order valence-electron chi connectivity index (χ4n) is 3.46. The van der Waals surface area contributed by atoms with Crippen LogP contribution in [0.25, 0.3) is 0 Å². The molecule has 124 valence electrons. The summed E-state index contributed by atoms with van der Waals surface area (Å²) in [6.45, 7) is 3.11. The van der Waals surface area contributed by atoms with E-state index in [1.165, 1.54) is 0 Å². The highest BCUT2D eigenvalue weighted by molar-refractivity contribution is 5.85. The van der Waals surface area contributed by atoms with Gasteiger partial charge >= 0.3 is 5.97 Å². The lowest BCUT2D eigenvalue weighted by Crippen LogP contribution is -2.52. The third kappa shape index (κ3) is 3.99. The van der Waals surface area contributed by atoms with E-state index in [-0.39, 0.29) is 24.4 Å². The van der Waals surface area contributed by atoms with Crippen molar-refractivity contribution in [3.05, 3.63) is 0 Å². The Morgan fingerprint density at radius 2 is 1.86 bits per heavy atom. The van der Waals surface area contributed by atoms with Crippen molar-refractivity contribution in [1.29, 1.82) is 0 Å². The van der Waals surface area contributed by atoms with Gasteiger partial charge in [-0.15, -0.1) is 0 Å². The van der Waals surface area contributed by atoms with Crippen LogP contribution in [0.15, 0.2) is 0 Å². The second-order valence-corrected chi connectivity index (χ2v) is 6.39. The molecule has 2 aliphatic rings. The number of nitrogens with zero attached hydrogens (tertiary/aromatic N) is 2. The first-order valence-corrected chi connectivity index (χ1v) is 8.30. The SMILES string of the molecule is C[C@@H]1[C@H](C(=O)O)CCCN1C(=O)CN1CCCCCCC1=O. The summed E-state index contributed by atoms with van der Waals surface area (Å²) in [5.41, 5.74) is 0. The fraction of sp³-hybridized carbons (Fsp3) is 0.812. The molecular formula is C16H26N2O4. The Morgan fingerprint density at radius 1 is 1.14 bits per heavy atom. The van der Waals surface area contributed by atoms with Gasteiger partial charge in [0.05, 0.1) is 12.5 Å². The fourth-order valence-corrected chi connectivity index (χ4v) is 3.46. The van der Waals surface area contributed by atoms with Gasteiger partial charge in [-0.2, -0.15) is 0 Å². The molecule has 0 bridgehead atoms. The number of carboxylic acids is 1. The van der Waals surface area contributed by atoms with Crippen molar-refractivity contribution in [1.82, 2.24) is 9.80 Å². The number of amides is 2. The first-order valence-electron chi connectivity index (χ1n) is 8.30. The molecule has 0 radical (unpaired) electrons. The molecule has 0 saturated carbocycles. The molecule has 1 N–H and O–H groups in total. The largest absolute Gasteiger partial charge is 0.481 e. The van der Waals surface area contributed by atoms with E-state index in [0.717, 1.165) is 25.7 Å². The number of piperidine rings is 1. The highest BCUT2D eigenvalue weighted by Crippen LogP contribution is 2.24. The maximum absolute atomic E-state index is 12.5. The zero-order valence-corrected chi connectivity index (χ0v) is 13.3. The van der Waals surface area contributed by atoms with Crippen LogP contribution in [-0.2, 0) is 14.4 Å². The Balaban J connectivity index is 1.97. The van der Waals surface area contributed by atoms with Gasteiger partial charge in [-0.05, 0) is 32.6 Å². The van der Waals surface area contributed by atoms with E-state index in [1.54, 1.807) is 16.7 Å². The third-order valence-corrected chi connectivity index (χ3v) is 4.87. The molecule has 0 aromatic carbocycles. The Bertz CT molecular complexity index is 438. The normalized spacial score (nSPS) is 27.2. The minimum atomic E-state index is -0.840. The van der Waals surface area contributed by atoms with Crippen LogP contribution in [0.4, 0.5) is 0 Å².